The van der Waals surface area contributed by atoms with E-state index < -0.39 is 11.9 Å². The number of hydrogen-bond acceptors (Lipinski definition) is 3. The van der Waals surface area contributed by atoms with Crippen LogP contribution in [0, 0.1) is 11.8 Å². The van der Waals surface area contributed by atoms with Crippen molar-refractivity contribution in [3.8, 4) is 0 Å². The average molecular weight is 241 g/mol. The lowest BCUT2D eigenvalue weighted by atomic mass is 9.83. The van der Waals surface area contributed by atoms with Gasteiger partial charge >= 0.3 is 0 Å². The van der Waals surface area contributed by atoms with Crippen molar-refractivity contribution in [3.05, 3.63) is 0 Å². The summed E-state index contributed by atoms with van der Waals surface area (Å²) in [5, 5.41) is 2.80. The largest absolute Gasteiger partial charge is 0.370 e. The van der Waals surface area contributed by atoms with E-state index in [-0.39, 0.29) is 12.3 Å². The van der Waals surface area contributed by atoms with Crippen molar-refractivity contribution < 1.29 is 9.59 Å². The smallest absolute Gasteiger partial charge is 0.237 e. The molecule has 2 amide bonds. The minimum Gasteiger partial charge on any atom is -0.370 e. The van der Waals surface area contributed by atoms with Crippen LogP contribution in [0.15, 0.2) is 0 Å². The second kappa shape index (κ2) is 6.59. The molecule has 5 nitrogen and oxygen atoms in total. The van der Waals surface area contributed by atoms with Gasteiger partial charge in [0.05, 0.1) is 12.5 Å². The molecule has 5 heteroatoms. The highest BCUT2D eigenvalue weighted by Gasteiger charge is 2.20. The van der Waals surface area contributed by atoms with Crippen LogP contribution in [0.5, 0.6) is 0 Å². The zero-order valence-electron chi connectivity index (χ0n) is 10.4. The van der Waals surface area contributed by atoms with Gasteiger partial charge in [0.15, 0.2) is 0 Å². The highest BCUT2D eigenvalue weighted by atomic mass is 16.2. The fourth-order valence-corrected chi connectivity index (χ4v) is 2.22. The van der Waals surface area contributed by atoms with Crippen LogP contribution in [0.3, 0.4) is 0 Å². The Bertz CT molecular complexity index is 273. The van der Waals surface area contributed by atoms with Gasteiger partial charge in [-0.15, -0.1) is 0 Å². The van der Waals surface area contributed by atoms with Crippen molar-refractivity contribution in [2.75, 3.05) is 6.54 Å². The Labute approximate surface area is 102 Å². The predicted molar refractivity (Wildman–Crippen MR) is 65.9 cm³/mol. The molecule has 1 atom stereocenters. The van der Waals surface area contributed by atoms with E-state index in [1.807, 2.05) is 0 Å². The molecule has 1 fully saturated rings. The lowest BCUT2D eigenvalue weighted by Gasteiger charge is -2.26. The average Bonchev–Trinajstić information content (AvgIpc) is 2.27. The van der Waals surface area contributed by atoms with Gasteiger partial charge in [0.1, 0.15) is 0 Å². The third-order valence-corrected chi connectivity index (χ3v) is 3.46. The summed E-state index contributed by atoms with van der Waals surface area (Å²) in [6.45, 7) is 2.93. The number of primary amides is 1. The Morgan fingerprint density at radius 2 is 1.88 bits per heavy atom. The number of hydrogen-bond donors (Lipinski definition) is 3. The van der Waals surface area contributed by atoms with Crippen molar-refractivity contribution >= 4 is 11.8 Å². The normalized spacial score (nSPS) is 26.2. The molecule has 0 radical (unpaired) electrons. The quantitative estimate of drug-likeness (QED) is 0.638. The fourth-order valence-electron chi connectivity index (χ4n) is 2.22. The van der Waals surface area contributed by atoms with E-state index in [0.29, 0.717) is 12.5 Å². The van der Waals surface area contributed by atoms with Crippen molar-refractivity contribution in [1.29, 1.82) is 0 Å². The molecule has 0 bridgehead atoms. The Balaban J connectivity index is 2.21. The molecule has 0 heterocycles. The summed E-state index contributed by atoms with van der Waals surface area (Å²) < 4.78 is 0. The van der Waals surface area contributed by atoms with E-state index in [1.165, 1.54) is 12.8 Å². The standard InChI is InChI=1S/C12H23N3O2/c1-8-2-4-9(5-3-8)7-15-12(17)10(13)6-11(14)16/h8-10H,2-7,13H2,1H3,(H2,14,16)(H,15,17). The molecule has 0 aromatic rings. The molecule has 0 aliphatic heterocycles. The number of nitrogens with two attached hydrogens (primary N) is 2. The van der Waals surface area contributed by atoms with Gasteiger partial charge in [-0.1, -0.05) is 19.8 Å². The second-order valence-electron chi connectivity index (χ2n) is 5.15. The Morgan fingerprint density at radius 3 is 2.41 bits per heavy atom. The summed E-state index contributed by atoms with van der Waals surface area (Å²) in [6, 6.07) is -0.810. The van der Waals surface area contributed by atoms with E-state index in [0.717, 1.165) is 18.8 Å². The molecule has 17 heavy (non-hydrogen) atoms. The summed E-state index contributed by atoms with van der Waals surface area (Å²) in [5.41, 5.74) is 10.5. The molecule has 0 aromatic carbocycles. The summed E-state index contributed by atoms with van der Waals surface area (Å²) in [7, 11) is 0. The number of rotatable bonds is 5. The molecule has 0 saturated heterocycles. The monoisotopic (exact) mass is 241 g/mol. The van der Waals surface area contributed by atoms with E-state index >= 15 is 0 Å². The van der Waals surface area contributed by atoms with Crippen LogP contribution in [0.4, 0.5) is 0 Å². The molecule has 1 rings (SSSR count). The minimum absolute atomic E-state index is 0.0897. The summed E-state index contributed by atoms with van der Waals surface area (Å²) in [5.74, 6) is 0.538. The van der Waals surface area contributed by atoms with Gasteiger partial charge in [0.25, 0.3) is 0 Å². The topological polar surface area (TPSA) is 98.2 Å². The third-order valence-electron chi connectivity index (χ3n) is 3.46. The summed E-state index contributed by atoms with van der Waals surface area (Å²) >= 11 is 0. The molecule has 1 aliphatic carbocycles. The zero-order valence-corrected chi connectivity index (χ0v) is 10.4. The molecule has 0 aromatic heterocycles. The fraction of sp³-hybridized carbons (Fsp3) is 0.833. The molecule has 0 spiro atoms. The van der Waals surface area contributed by atoms with Crippen LogP contribution in [0.25, 0.3) is 0 Å². The Morgan fingerprint density at radius 1 is 1.29 bits per heavy atom. The summed E-state index contributed by atoms with van der Waals surface area (Å²) in [6.07, 6.45) is 4.69. The van der Waals surface area contributed by atoms with Gasteiger partial charge in [-0.25, -0.2) is 0 Å². The predicted octanol–water partition coefficient (Wildman–Crippen LogP) is 0.132. The number of carbonyl (C=O) groups excluding carboxylic acids is 2. The molecular weight excluding hydrogens is 218 g/mol. The number of amides is 2. The second-order valence-corrected chi connectivity index (χ2v) is 5.15. The van der Waals surface area contributed by atoms with E-state index in [9.17, 15) is 9.59 Å². The van der Waals surface area contributed by atoms with E-state index in [4.69, 9.17) is 11.5 Å². The molecule has 1 saturated carbocycles. The third kappa shape index (κ3) is 5.17. The molecule has 5 N–H and O–H groups in total. The maximum absolute atomic E-state index is 11.5. The number of nitrogens with one attached hydrogen (secondary N) is 1. The van der Waals surface area contributed by atoms with Crippen LogP contribution in [0.2, 0.25) is 0 Å². The first kappa shape index (κ1) is 14.0. The van der Waals surface area contributed by atoms with Crippen molar-refractivity contribution in [3.63, 3.8) is 0 Å². The van der Waals surface area contributed by atoms with E-state index in [2.05, 4.69) is 12.2 Å². The van der Waals surface area contributed by atoms with Crippen LogP contribution in [0.1, 0.15) is 39.0 Å². The van der Waals surface area contributed by atoms with Gasteiger partial charge in [-0.2, -0.15) is 0 Å². The van der Waals surface area contributed by atoms with Crippen molar-refractivity contribution in [1.82, 2.24) is 5.32 Å². The van der Waals surface area contributed by atoms with Gasteiger partial charge in [0, 0.05) is 6.54 Å². The van der Waals surface area contributed by atoms with Gasteiger partial charge in [0.2, 0.25) is 11.8 Å². The first-order chi connectivity index (χ1) is 7.99. The molecule has 1 aliphatic rings. The zero-order chi connectivity index (χ0) is 12.8. The van der Waals surface area contributed by atoms with Crippen LogP contribution in [-0.2, 0) is 9.59 Å². The molecular formula is C12H23N3O2. The van der Waals surface area contributed by atoms with Gasteiger partial charge < -0.3 is 16.8 Å². The van der Waals surface area contributed by atoms with E-state index in [1.54, 1.807) is 0 Å². The Hall–Kier alpha value is -1.10. The maximum atomic E-state index is 11.5. The van der Waals surface area contributed by atoms with Crippen LogP contribution < -0.4 is 16.8 Å². The minimum atomic E-state index is -0.810. The first-order valence-electron chi connectivity index (χ1n) is 6.30. The molecule has 98 valence electrons. The lowest BCUT2D eigenvalue weighted by molar-refractivity contribution is -0.126. The highest BCUT2D eigenvalue weighted by molar-refractivity contribution is 5.87. The van der Waals surface area contributed by atoms with Crippen LogP contribution >= 0.6 is 0 Å². The Kier molecular flexibility index (Phi) is 5.41. The van der Waals surface area contributed by atoms with Crippen molar-refractivity contribution in [2.45, 2.75) is 45.1 Å². The van der Waals surface area contributed by atoms with Gasteiger partial charge in [-0.05, 0) is 24.7 Å². The molecule has 1 unspecified atom stereocenters. The highest BCUT2D eigenvalue weighted by Crippen LogP contribution is 2.27. The van der Waals surface area contributed by atoms with Crippen molar-refractivity contribution in [2.24, 2.45) is 23.3 Å². The van der Waals surface area contributed by atoms with Gasteiger partial charge in [-0.3, -0.25) is 9.59 Å². The lowest BCUT2D eigenvalue weighted by Crippen LogP contribution is -2.44. The SMILES string of the molecule is CC1CCC(CNC(=O)C(N)CC(N)=O)CC1. The maximum Gasteiger partial charge on any atom is 0.237 e. The first-order valence-corrected chi connectivity index (χ1v) is 6.30. The van der Waals surface area contributed by atoms with Crippen LogP contribution in [-0.4, -0.2) is 24.4 Å². The number of carbonyl (C=O) groups is 2. The summed E-state index contributed by atoms with van der Waals surface area (Å²) in [4.78, 5) is 22.2.